The number of urea groups is 1. The molecular weight excluding hydrogens is 393 g/mol. The maximum absolute atomic E-state index is 13.0. The summed E-state index contributed by atoms with van der Waals surface area (Å²) in [5.41, 5.74) is -0.328. The van der Waals surface area contributed by atoms with Gasteiger partial charge < -0.3 is 10.6 Å². The van der Waals surface area contributed by atoms with Crippen LogP contribution in [0.3, 0.4) is 0 Å². The number of aromatic nitrogens is 2. The number of aryl methyl sites for hydroxylation is 1. The zero-order chi connectivity index (χ0) is 19.8. The van der Waals surface area contributed by atoms with E-state index < -0.39 is 29.9 Å². The van der Waals surface area contributed by atoms with Crippen LogP contribution in [-0.4, -0.2) is 39.1 Å². The highest BCUT2D eigenvalue weighted by molar-refractivity contribution is 6.36. The van der Waals surface area contributed by atoms with Crippen molar-refractivity contribution in [3.63, 3.8) is 0 Å². The van der Waals surface area contributed by atoms with Crippen LogP contribution in [-0.2, 0) is 22.2 Å². The van der Waals surface area contributed by atoms with Gasteiger partial charge in [-0.05, 0) is 24.6 Å². The van der Waals surface area contributed by atoms with E-state index in [1.54, 1.807) is 37.0 Å². The third-order valence-corrected chi connectivity index (χ3v) is 4.96. The standard InChI is InChI=1S/C17H17Cl2N5O3/c1-3-17(10-7-20-23(2)8-10)15(26)24(16(27)22-17)9-14(25)21-13-5-4-11(18)6-12(13)19/h4-8H,3,9H2,1-2H3,(H,21,25)(H,22,27)/t17-/m1/s1. The van der Waals surface area contributed by atoms with Crippen LogP contribution >= 0.6 is 23.2 Å². The fraction of sp³-hybridized carbons (Fsp3) is 0.294. The number of nitrogens with zero attached hydrogens (tertiary/aromatic N) is 3. The number of imide groups is 1. The van der Waals surface area contributed by atoms with Crippen molar-refractivity contribution in [3.8, 4) is 0 Å². The van der Waals surface area contributed by atoms with Gasteiger partial charge in [0.15, 0.2) is 0 Å². The largest absolute Gasteiger partial charge is 0.325 e. The minimum atomic E-state index is -1.23. The number of nitrogens with one attached hydrogen (secondary N) is 2. The molecule has 3 rings (SSSR count). The Morgan fingerprint density at radius 3 is 2.67 bits per heavy atom. The molecule has 0 aliphatic carbocycles. The Bertz CT molecular complexity index is 929. The lowest BCUT2D eigenvalue weighted by atomic mass is 9.89. The molecule has 0 bridgehead atoms. The average Bonchev–Trinajstić information content (AvgIpc) is 3.15. The first-order valence-electron chi connectivity index (χ1n) is 8.15. The summed E-state index contributed by atoms with van der Waals surface area (Å²) in [6.07, 6.45) is 3.52. The second kappa shape index (κ2) is 7.21. The van der Waals surface area contributed by atoms with Gasteiger partial charge in [-0.3, -0.25) is 19.2 Å². The molecule has 1 aromatic carbocycles. The Kier molecular flexibility index (Phi) is 5.12. The zero-order valence-corrected chi connectivity index (χ0v) is 16.1. The topological polar surface area (TPSA) is 96.3 Å². The van der Waals surface area contributed by atoms with Crippen LogP contribution in [0.1, 0.15) is 18.9 Å². The third-order valence-electron chi connectivity index (χ3n) is 4.41. The molecule has 2 heterocycles. The van der Waals surface area contributed by atoms with Gasteiger partial charge in [-0.15, -0.1) is 0 Å². The van der Waals surface area contributed by atoms with E-state index in [-0.39, 0.29) is 5.02 Å². The summed E-state index contributed by atoms with van der Waals surface area (Å²) in [5.74, 6) is -1.05. The molecule has 0 saturated carbocycles. The van der Waals surface area contributed by atoms with Crippen molar-refractivity contribution < 1.29 is 14.4 Å². The smallest absolute Gasteiger partial charge is 0.323 e. The van der Waals surface area contributed by atoms with E-state index in [2.05, 4.69) is 15.7 Å². The SMILES string of the molecule is CC[C@]1(c2cnn(C)c2)NC(=O)N(CC(=O)Nc2ccc(Cl)cc2Cl)C1=O. The zero-order valence-electron chi connectivity index (χ0n) is 14.6. The first-order chi connectivity index (χ1) is 12.8. The van der Waals surface area contributed by atoms with E-state index in [4.69, 9.17) is 23.2 Å². The second-order valence-corrected chi connectivity index (χ2v) is 7.00. The van der Waals surface area contributed by atoms with E-state index in [9.17, 15) is 14.4 Å². The summed E-state index contributed by atoms with van der Waals surface area (Å²) in [5, 5.41) is 10.0. The number of hydrogen-bond acceptors (Lipinski definition) is 4. The van der Waals surface area contributed by atoms with Crippen molar-refractivity contribution in [2.45, 2.75) is 18.9 Å². The van der Waals surface area contributed by atoms with E-state index in [1.165, 1.54) is 12.3 Å². The quantitative estimate of drug-likeness (QED) is 0.741. The summed E-state index contributed by atoms with van der Waals surface area (Å²) in [7, 11) is 1.72. The fourth-order valence-corrected chi connectivity index (χ4v) is 3.43. The highest BCUT2D eigenvalue weighted by Crippen LogP contribution is 2.32. The average molecular weight is 410 g/mol. The van der Waals surface area contributed by atoms with Crippen LogP contribution in [0.15, 0.2) is 30.6 Å². The fourth-order valence-electron chi connectivity index (χ4n) is 2.97. The molecule has 4 amide bonds. The molecule has 1 atom stereocenters. The van der Waals surface area contributed by atoms with Crippen molar-refractivity contribution in [1.82, 2.24) is 20.0 Å². The molecule has 2 aromatic rings. The Labute approximate surface area is 165 Å². The summed E-state index contributed by atoms with van der Waals surface area (Å²) < 4.78 is 1.55. The van der Waals surface area contributed by atoms with Gasteiger partial charge >= 0.3 is 6.03 Å². The van der Waals surface area contributed by atoms with Gasteiger partial charge in [0.05, 0.1) is 16.9 Å². The Hall–Kier alpha value is -2.58. The maximum Gasteiger partial charge on any atom is 0.325 e. The highest BCUT2D eigenvalue weighted by Gasteiger charge is 2.52. The molecule has 8 nitrogen and oxygen atoms in total. The molecule has 0 spiro atoms. The predicted molar refractivity (Wildman–Crippen MR) is 101 cm³/mol. The third kappa shape index (κ3) is 3.50. The molecule has 0 unspecified atom stereocenters. The number of carbonyl (C=O) groups is 3. The summed E-state index contributed by atoms with van der Waals surface area (Å²) in [4.78, 5) is 38.6. The maximum atomic E-state index is 13.0. The van der Waals surface area contributed by atoms with Crippen LogP contribution in [0.25, 0.3) is 0 Å². The minimum Gasteiger partial charge on any atom is -0.323 e. The molecular formula is C17H17Cl2N5O3. The van der Waals surface area contributed by atoms with Crippen molar-refractivity contribution in [2.75, 3.05) is 11.9 Å². The summed E-state index contributed by atoms with van der Waals surface area (Å²) >= 11 is 11.9. The van der Waals surface area contributed by atoms with Gasteiger partial charge in [-0.2, -0.15) is 5.10 Å². The Morgan fingerprint density at radius 2 is 2.07 bits per heavy atom. The number of benzene rings is 1. The monoisotopic (exact) mass is 409 g/mol. The number of hydrogen-bond donors (Lipinski definition) is 2. The van der Waals surface area contributed by atoms with Gasteiger partial charge in [-0.25, -0.2) is 4.79 Å². The van der Waals surface area contributed by atoms with Gasteiger partial charge in [0.1, 0.15) is 12.1 Å². The predicted octanol–water partition coefficient (Wildman–Crippen LogP) is 2.52. The van der Waals surface area contributed by atoms with Crippen LogP contribution in [0.4, 0.5) is 10.5 Å². The van der Waals surface area contributed by atoms with Crippen molar-refractivity contribution in [3.05, 3.63) is 46.2 Å². The Balaban J connectivity index is 1.78. The van der Waals surface area contributed by atoms with Crippen molar-refractivity contribution >= 4 is 46.7 Å². The van der Waals surface area contributed by atoms with Gasteiger partial charge in [-0.1, -0.05) is 30.1 Å². The van der Waals surface area contributed by atoms with E-state index in [0.717, 1.165) is 4.90 Å². The minimum absolute atomic E-state index is 0.256. The lowest BCUT2D eigenvalue weighted by Crippen LogP contribution is -2.44. The van der Waals surface area contributed by atoms with Crippen molar-refractivity contribution in [1.29, 1.82) is 0 Å². The van der Waals surface area contributed by atoms with Gasteiger partial charge in [0, 0.05) is 23.8 Å². The number of anilines is 1. The van der Waals surface area contributed by atoms with Gasteiger partial charge in [0.25, 0.3) is 5.91 Å². The molecule has 1 saturated heterocycles. The van der Waals surface area contributed by atoms with Crippen LogP contribution < -0.4 is 10.6 Å². The van der Waals surface area contributed by atoms with Crippen LogP contribution in [0.2, 0.25) is 10.0 Å². The molecule has 1 aliphatic rings. The molecule has 1 aromatic heterocycles. The lowest BCUT2D eigenvalue weighted by molar-refractivity contribution is -0.134. The number of amides is 4. The molecule has 0 radical (unpaired) electrons. The second-order valence-electron chi connectivity index (χ2n) is 6.16. The first kappa shape index (κ1) is 19.2. The number of halogens is 2. The molecule has 1 fully saturated rings. The number of carbonyl (C=O) groups excluding carboxylic acids is 3. The normalized spacial score (nSPS) is 19.3. The van der Waals surface area contributed by atoms with E-state index >= 15 is 0 Å². The summed E-state index contributed by atoms with van der Waals surface area (Å²) in [6.45, 7) is 1.34. The summed E-state index contributed by atoms with van der Waals surface area (Å²) in [6, 6.07) is 3.96. The number of rotatable bonds is 5. The Morgan fingerprint density at radius 1 is 1.33 bits per heavy atom. The van der Waals surface area contributed by atoms with E-state index in [1.807, 2.05) is 0 Å². The van der Waals surface area contributed by atoms with Crippen molar-refractivity contribution in [2.24, 2.45) is 7.05 Å². The molecule has 1 aliphatic heterocycles. The van der Waals surface area contributed by atoms with Gasteiger partial charge in [0.2, 0.25) is 5.91 Å². The highest BCUT2D eigenvalue weighted by atomic mass is 35.5. The first-order valence-corrected chi connectivity index (χ1v) is 8.90. The molecule has 27 heavy (non-hydrogen) atoms. The lowest BCUT2D eigenvalue weighted by Gasteiger charge is -2.23. The van der Waals surface area contributed by atoms with Crippen LogP contribution in [0, 0.1) is 0 Å². The molecule has 10 heteroatoms. The van der Waals surface area contributed by atoms with Crippen LogP contribution in [0.5, 0.6) is 0 Å². The van der Waals surface area contributed by atoms with E-state index in [0.29, 0.717) is 22.7 Å². The molecule has 2 N–H and O–H groups in total. The molecule has 142 valence electrons.